The molecule has 11 heteroatoms. The number of hydrogen-bond acceptors (Lipinski definition) is 10. The van der Waals surface area contributed by atoms with Crippen molar-refractivity contribution in [2.75, 3.05) is 40.6 Å². The number of benzene rings is 2. The third-order valence-corrected chi connectivity index (χ3v) is 11.7. The average molecular weight is 747 g/mol. The fourth-order valence-corrected chi connectivity index (χ4v) is 8.89. The molecule has 0 spiro atoms. The highest BCUT2D eigenvalue weighted by Gasteiger charge is 2.65. The number of methoxy groups -OCH3 is 1. The van der Waals surface area contributed by atoms with Crippen LogP contribution in [0.1, 0.15) is 86.8 Å². The van der Waals surface area contributed by atoms with Gasteiger partial charge in [0.25, 0.3) is 0 Å². The molecule has 294 valence electrons. The largest absolute Gasteiger partial charge is 0.459 e. The number of ether oxygens (including phenoxy) is 5. The van der Waals surface area contributed by atoms with E-state index in [1.165, 1.54) is 12.7 Å². The van der Waals surface area contributed by atoms with Crippen molar-refractivity contribution in [3.63, 3.8) is 0 Å². The number of aliphatic hydroxyl groups excluding tert-OH is 2. The maximum atomic E-state index is 13.4. The van der Waals surface area contributed by atoms with E-state index in [0.29, 0.717) is 36.7 Å². The van der Waals surface area contributed by atoms with Crippen molar-refractivity contribution in [3.05, 3.63) is 77.4 Å². The minimum absolute atomic E-state index is 0.0984. The Morgan fingerprint density at radius 2 is 1.80 bits per heavy atom. The summed E-state index contributed by atoms with van der Waals surface area (Å²) in [6.07, 6.45) is 10.8. The summed E-state index contributed by atoms with van der Waals surface area (Å²) >= 11 is 0. The van der Waals surface area contributed by atoms with Crippen LogP contribution in [0.3, 0.4) is 0 Å². The number of carbonyl (C=O) groups is 1. The van der Waals surface area contributed by atoms with E-state index < -0.39 is 30.1 Å². The van der Waals surface area contributed by atoms with Gasteiger partial charge in [-0.3, -0.25) is 0 Å². The van der Waals surface area contributed by atoms with Crippen molar-refractivity contribution in [3.8, 4) is 17.2 Å². The maximum absolute atomic E-state index is 13.4. The van der Waals surface area contributed by atoms with Crippen LogP contribution in [0.2, 0.25) is 0 Å². The Bertz CT molecular complexity index is 1670. The van der Waals surface area contributed by atoms with E-state index in [4.69, 9.17) is 33.7 Å². The van der Waals surface area contributed by atoms with Gasteiger partial charge in [0.2, 0.25) is 12.1 Å². The molecule has 54 heavy (non-hydrogen) atoms. The number of allylic oxidation sites excluding steroid dienone is 1. The molecule has 1 saturated carbocycles. The predicted octanol–water partition coefficient (Wildman–Crippen LogP) is 7.95. The summed E-state index contributed by atoms with van der Waals surface area (Å²) in [7, 11) is 3.08. The minimum atomic E-state index is -1.34. The number of unbranched alkanes of at least 4 members (excludes halogenated alkanes) is 2. The molecule has 6 rings (SSSR count). The Kier molecular flexibility index (Phi) is 13.4. The number of rotatable bonds is 16. The number of aliphatic hydroxyl groups is 2. The number of carbonyl (C=O) groups excluding carboxylic acids is 1. The normalized spacial score (nSPS) is 27.9. The molecule has 11 nitrogen and oxygen atoms in total. The average Bonchev–Trinajstić information content (AvgIpc) is 3.19. The Labute approximate surface area is 319 Å². The molecule has 1 amide bonds. The van der Waals surface area contributed by atoms with E-state index in [1.807, 2.05) is 24.3 Å². The van der Waals surface area contributed by atoms with Crippen molar-refractivity contribution >= 4 is 11.8 Å². The van der Waals surface area contributed by atoms with E-state index >= 15 is 0 Å². The van der Waals surface area contributed by atoms with Crippen LogP contribution in [0.4, 0.5) is 4.79 Å². The van der Waals surface area contributed by atoms with Crippen molar-refractivity contribution in [2.24, 2.45) is 22.9 Å². The Morgan fingerprint density at radius 1 is 1.04 bits per heavy atom. The SMILES string of the molecule is C=CCOC12Oc3ccc(Oc4ccc(C)c(C)c4)cc3C3C(CCCCO)C(CCCCO)C=C(C(=NOC4CCCCO4)CC1N(C)C(=O)OC)C32. The van der Waals surface area contributed by atoms with Gasteiger partial charge in [0.05, 0.1) is 32.0 Å². The van der Waals surface area contributed by atoms with Gasteiger partial charge < -0.3 is 43.6 Å². The number of likely N-dealkylation sites (N-methyl/N-ethyl adjacent to an activating group) is 1. The van der Waals surface area contributed by atoms with Gasteiger partial charge in [0.1, 0.15) is 23.3 Å². The molecule has 2 aliphatic carbocycles. The van der Waals surface area contributed by atoms with E-state index in [1.54, 1.807) is 18.0 Å². The lowest BCUT2D eigenvalue weighted by Crippen LogP contribution is -2.69. The second-order valence-corrected chi connectivity index (χ2v) is 15.1. The maximum Gasteiger partial charge on any atom is 0.409 e. The molecule has 0 aromatic heterocycles. The molecule has 2 aromatic carbocycles. The van der Waals surface area contributed by atoms with Crippen LogP contribution in [0.25, 0.3) is 0 Å². The van der Waals surface area contributed by atoms with Gasteiger partial charge in [-0.2, -0.15) is 0 Å². The summed E-state index contributed by atoms with van der Waals surface area (Å²) < 4.78 is 31.8. The fraction of sp³-hybridized carbons (Fsp3) is 0.581. The van der Waals surface area contributed by atoms with E-state index in [0.717, 1.165) is 67.4 Å². The molecular weight excluding hydrogens is 688 g/mol. The molecular formula is C43H58N2O9. The highest BCUT2D eigenvalue weighted by molar-refractivity contribution is 6.02. The number of nitrogens with zero attached hydrogens (tertiary/aromatic N) is 2. The minimum Gasteiger partial charge on any atom is -0.459 e. The number of fused-ring (bicyclic) bond motifs is 2. The van der Waals surface area contributed by atoms with E-state index in [-0.39, 0.29) is 44.0 Å². The predicted molar refractivity (Wildman–Crippen MR) is 206 cm³/mol. The number of hydrogen-bond donors (Lipinski definition) is 2. The molecule has 2 heterocycles. The Balaban J connectivity index is 1.55. The van der Waals surface area contributed by atoms with Crippen molar-refractivity contribution in [2.45, 2.75) is 102 Å². The van der Waals surface area contributed by atoms with Gasteiger partial charge in [-0.25, -0.2) is 4.79 Å². The molecule has 2 fully saturated rings. The standard InChI is InChI=1S/C43H58N2O9/c1-6-22-51-43-38(45(4)42(48)49-5)27-36(44-54-39-15-9-12-23-50-39)34-25-30(13-7-10-20-46)33(14-8-11-21-47)40(41(34)43)35-26-32(18-19-37(35)53-43)52-31-17-16-28(2)29(3)24-31/h6,16-19,24-26,30,33,38-41,46-47H,1,7-15,20-23,27H2,2-5H3. The lowest BCUT2D eigenvalue weighted by atomic mass is 9.55. The summed E-state index contributed by atoms with van der Waals surface area (Å²) in [5, 5.41) is 24.5. The van der Waals surface area contributed by atoms with Crippen LogP contribution in [0, 0.1) is 31.6 Å². The van der Waals surface area contributed by atoms with Gasteiger partial charge in [-0.1, -0.05) is 36.2 Å². The second-order valence-electron chi connectivity index (χ2n) is 15.1. The van der Waals surface area contributed by atoms with Gasteiger partial charge in [0.15, 0.2) is 0 Å². The van der Waals surface area contributed by atoms with Gasteiger partial charge in [-0.05, 0) is 111 Å². The monoisotopic (exact) mass is 746 g/mol. The second kappa shape index (κ2) is 18.2. The molecule has 0 bridgehead atoms. The molecule has 4 aliphatic rings. The first-order chi connectivity index (χ1) is 26.2. The topological polar surface area (TPSA) is 129 Å². The Morgan fingerprint density at radius 3 is 2.50 bits per heavy atom. The molecule has 1 saturated heterocycles. The van der Waals surface area contributed by atoms with Gasteiger partial charge in [0, 0.05) is 44.6 Å². The molecule has 0 radical (unpaired) electrons. The molecule has 7 unspecified atom stereocenters. The molecule has 2 N–H and O–H groups in total. The fourth-order valence-electron chi connectivity index (χ4n) is 8.89. The summed E-state index contributed by atoms with van der Waals surface area (Å²) in [4.78, 5) is 21.1. The third kappa shape index (κ3) is 8.34. The molecule has 2 aromatic rings. The molecule has 2 aliphatic heterocycles. The highest BCUT2D eigenvalue weighted by Crippen LogP contribution is 2.62. The zero-order valence-electron chi connectivity index (χ0n) is 32.3. The first kappa shape index (κ1) is 39.8. The lowest BCUT2D eigenvalue weighted by molar-refractivity contribution is -0.253. The van der Waals surface area contributed by atoms with Gasteiger partial charge >= 0.3 is 6.09 Å². The first-order valence-corrected chi connectivity index (χ1v) is 19.7. The van der Waals surface area contributed by atoms with Crippen LogP contribution >= 0.6 is 0 Å². The quantitative estimate of drug-likeness (QED) is 0.0999. The van der Waals surface area contributed by atoms with Crippen LogP contribution in [-0.2, 0) is 19.0 Å². The van der Waals surface area contributed by atoms with Crippen LogP contribution in [0.15, 0.2) is 65.9 Å². The van der Waals surface area contributed by atoms with Crippen LogP contribution in [-0.4, -0.2) is 85.6 Å². The third-order valence-electron chi connectivity index (χ3n) is 11.7. The highest BCUT2D eigenvalue weighted by atomic mass is 16.8. The first-order valence-electron chi connectivity index (χ1n) is 19.7. The summed E-state index contributed by atoms with van der Waals surface area (Å²) in [6, 6.07) is 11.4. The van der Waals surface area contributed by atoms with E-state index in [9.17, 15) is 15.0 Å². The van der Waals surface area contributed by atoms with Crippen molar-refractivity contribution in [1.82, 2.24) is 4.90 Å². The summed E-state index contributed by atoms with van der Waals surface area (Å²) in [6.45, 7) is 9.17. The lowest BCUT2D eigenvalue weighted by Gasteiger charge is -2.59. The zero-order valence-corrected chi connectivity index (χ0v) is 32.3. The van der Waals surface area contributed by atoms with Crippen LogP contribution in [0.5, 0.6) is 17.2 Å². The molecule has 7 atom stereocenters. The number of aryl methyl sites for hydroxylation is 2. The Hall–Kier alpha value is -3.90. The van der Waals surface area contributed by atoms with Gasteiger partial charge in [-0.15, -0.1) is 6.58 Å². The van der Waals surface area contributed by atoms with Crippen molar-refractivity contribution in [1.29, 1.82) is 0 Å². The smallest absolute Gasteiger partial charge is 0.409 e. The van der Waals surface area contributed by atoms with E-state index in [2.05, 4.69) is 38.6 Å². The summed E-state index contributed by atoms with van der Waals surface area (Å²) in [5.74, 6) is 0.380. The van der Waals surface area contributed by atoms with Crippen LogP contribution < -0.4 is 9.47 Å². The zero-order chi connectivity index (χ0) is 38.2. The van der Waals surface area contributed by atoms with Crippen molar-refractivity contribution < 1.29 is 43.5 Å². The number of oxime groups is 1. The number of amides is 1. The summed E-state index contributed by atoms with van der Waals surface area (Å²) in [5.41, 5.74) is 5.01.